The summed E-state index contributed by atoms with van der Waals surface area (Å²) in [6.45, 7) is 2.62. The van der Waals surface area contributed by atoms with E-state index >= 15 is 0 Å². The van der Waals surface area contributed by atoms with Gasteiger partial charge in [-0.1, -0.05) is 54.6 Å². The smallest absolute Gasteiger partial charge is 0.244 e. The molecule has 0 spiro atoms. The Morgan fingerprint density at radius 2 is 1.84 bits per heavy atom. The van der Waals surface area contributed by atoms with E-state index in [1.165, 1.54) is 17.2 Å². The van der Waals surface area contributed by atoms with Crippen LogP contribution in [-0.4, -0.2) is 41.7 Å². The van der Waals surface area contributed by atoms with Crippen molar-refractivity contribution in [1.82, 2.24) is 10.2 Å². The maximum absolute atomic E-state index is 11.9. The third-order valence-corrected chi connectivity index (χ3v) is 4.42. The molecule has 3 rings (SSSR count). The van der Waals surface area contributed by atoms with Gasteiger partial charge >= 0.3 is 0 Å². The first-order valence-corrected chi connectivity index (χ1v) is 8.69. The Morgan fingerprint density at radius 3 is 2.64 bits per heavy atom. The van der Waals surface area contributed by atoms with Crippen LogP contribution in [0, 0.1) is 0 Å². The van der Waals surface area contributed by atoms with Crippen molar-refractivity contribution in [2.75, 3.05) is 19.6 Å². The zero-order valence-electron chi connectivity index (χ0n) is 14.3. The van der Waals surface area contributed by atoms with Gasteiger partial charge in [0.1, 0.15) is 0 Å². The predicted octanol–water partition coefficient (Wildman–Crippen LogP) is 2.24. The van der Waals surface area contributed by atoms with Crippen LogP contribution in [0.3, 0.4) is 0 Å². The minimum Gasteiger partial charge on any atom is -0.390 e. The molecule has 130 valence electrons. The third-order valence-electron chi connectivity index (χ3n) is 4.42. The SMILES string of the molecule is O=C(/C=C/c1ccccc1)NCC(O)CN1CCc2ccccc2C1. The number of aliphatic hydroxyl groups excluding tert-OH is 1. The van der Waals surface area contributed by atoms with Gasteiger partial charge in [0.05, 0.1) is 6.10 Å². The van der Waals surface area contributed by atoms with Crippen molar-refractivity contribution >= 4 is 12.0 Å². The number of aliphatic hydroxyl groups is 1. The number of carbonyl (C=O) groups is 1. The van der Waals surface area contributed by atoms with Crippen LogP contribution in [0.2, 0.25) is 0 Å². The van der Waals surface area contributed by atoms with Gasteiger partial charge in [-0.3, -0.25) is 9.69 Å². The standard InChI is InChI=1S/C21H24N2O2/c24-20(14-22-21(25)11-10-17-6-2-1-3-7-17)16-23-13-12-18-8-4-5-9-19(18)15-23/h1-11,20,24H,12-16H2,(H,22,25)/b11-10+. The second-order valence-electron chi connectivity index (χ2n) is 6.40. The lowest BCUT2D eigenvalue weighted by molar-refractivity contribution is -0.116. The number of carbonyl (C=O) groups excluding carboxylic acids is 1. The Hall–Kier alpha value is -2.43. The molecule has 0 saturated carbocycles. The van der Waals surface area contributed by atoms with E-state index in [4.69, 9.17) is 0 Å². The van der Waals surface area contributed by atoms with Crippen molar-refractivity contribution in [2.24, 2.45) is 0 Å². The molecule has 0 aliphatic carbocycles. The van der Waals surface area contributed by atoms with E-state index in [0.717, 1.165) is 25.1 Å². The maximum atomic E-state index is 11.9. The predicted molar refractivity (Wildman–Crippen MR) is 99.9 cm³/mol. The van der Waals surface area contributed by atoms with E-state index in [1.807, 2.05) is 30.3 Å². The molecule has 0 fully saturated rings. The number of hydrogen-bond acceptors (Lipinski definition) is 3. The number of fused-ring (bicyclic) bond motifs is 1. The molecule has 0 bridgehead atoms. The van der Waals surface area contributed by atoms with Crippen LogP contribution < -0.4 is 5.32 Å². The van der Waals surface area contributed by atoms with Crippen molar-refractivity contribution in [1.29, 1.82) is 0 Å². The topological polar surface area (TPSA) is 52.6 Å². The van der Waals surface area contributed by atoms with Crippen molar-refractivity contribution in [3.05, 3.63) is 77.4 Å². The number of rotatable bonds is 6. The summed E-state index contributed by atoms with van der Waals surface area (Å²) in [6, 6.07) is 18.1. The normalized spacial score (nSPS) is 15.7. The number of β-amino-alcohol motifs (C(OH)–C–C–N with tert-alkyl or cyclic N) is 1. The van der Waals surface area contributed by atoms with Gasteiger partial charge < -0.3 is 10.4 Å². The lowest BCUT2D eigenvalue weighted by Crippen LogP contribution is -2.41. The molecule has 1 heterocycles. The highest BCUT2D eigenvalue weighted by molar-refractivity contribution is 5.91. The maximum Gasteiger partial charge on any atom is 0.244 e. The quantitative estimate of drug-likeness (QED) is 0.796. The van der Waals surface area contributed by atoms with Gasteiger partial charge in [0.25, 0.3) is 0 Å². The molecule has 0 radical (unpaired) electrons. The van der Waals surface area contributed by atoms with Crippen LogP contribution in [-0.2, 0) is 17.8 Å². The zero-order valence-corrected chi connectivity index (χ0v) is 14.3. The summed E-state index contributed by atoms with van der Waals surface area (Å²) < 4.78 is 0. The number of amides is 1. The van der Waals surface area contributed by atoms with Crippen molar-refractivity contribution < 1.29 is 9.90 Å². The highest BCUT2D eigenvalue weighted by Gasteiger charge is 2.18. The lowest BCUT2D eigenvalue weighted by atomic mass is 10.00. The van der Waals surface area contributed by atoms with Crippen LogP contribution in [0.5, 0.6) is 0 Å². The van der Waals surface area contributed by atoms with E-state index in [2.05, 4.69) is 34.5 Å². The van der Waals surface area contributed by atoms with Gasteiger partial charge in [-0.25, -0.2) is 0 Å². The van der Waals surface area contributed by atoms with Crippen LogP contribution >= 0.6 is 0 Å². The molecule has 4 nitrogen and oxygen atoms in total. The average molecular weight is 336 g/mol. The van der Waals surface area contributed by atoms with E-state index in [-0.39, 0.29) is 12.5 Å². The van der Waals surface area contributed by atoms with Crippen LogP contribution in [0.15, 0.2) is 60.7 Å². The Morgan fingerprint density at radius 1 is 1.12 bits per heavy atom. The van der Waals surface area contributed by atoms with E-state index in [1.54, 1.807) is 6.08 Å². The second-order valence-corrected chi connectivity index (χ2v) is 6.40. The molecular weight excluding hydrogens is 312 g/mol. The molecule has 1 unspecified atom stereocenters. The fraction of sp³-hybridized carbons (Fsp3) is 0.286. The van der Waals surface area contributed by atoms with Gasteiger partial charge in [-0.15, -0.1) is 0 Å². The van der Waals surface area contributed by atoms with Crippen LogP contribution in [0.25, 0.3) is 6.08 Å². The fourth-order valence-electron chi connectivity index (χ4n) is 3.09. The molecule has 1 atom stereocenters. The molecule has 0 saturated heterocycles. The summed E-state index contributed by atoms with van der Waals surface area (Å²) in [7, 11) is 0. The van der Waals surface area contributed by atoms with Gasteiger partial charge in [0.2, 0.25) is 5.91 Å². The first-order valence-electron chi connectivity index (χ1n) is 8.69. The van der Waals surface area contributed by atoms with Gasteiger partial charge in [0, 0.05) is 32.3 Å². The van der Waals surface area contributed by atoms with Gasteiger partial charge in [-0.2, -0.15) is 0 Å². The van der Waals surface area contributed by atoms with Crippen LogP contribution in [0.1, 0.15) is 16.7 Å². The minimum atomic E-state index is -0.570. The Bertz CT molecular complexity index is 728. The molecule has 0 aromatic heterocycles. The second kappa shape index (κ2) is 8.60. The van der Waals surface area contributed by atoms with E-state index in [9.17, 15) is 9.90 Å². The molecule has 1 amide bonds. The van der Waals surface area contributed by atoms with Crippen molar-refractivity contribution in [3.8, 4) is 0 Å². The minimum absolute atomic E-state index is 0.188. The van der Waals surface area contributed by atoms with E-state index in [0.29, 0.717) is 6.54 Å². The van der Waals surface area contributed by atoms with Gasteiger partial charge in [-0.05, 0) is 29.2 Å². The fourth-order valence-corrected chi connectivity index (χ4v) is 3.09. The molecule has 2 N–H and O–H groups in total. The zero-order chi connectivity index (χ0) is 17.5. The highest BCUT2D eigenvalue weighted by atomic mass is 16.3. The summed E-state index contributed by atoms with van der Waals surface area (Å²) in [4.78, 5) is 14.1. The van der Waals surface area contributed by atoms with Crippen LogP contribution in [0.4, 0.5) is 0 Å². The summed E-state index contributed by atoms with van der Waals surface area (Å²) in [5.41, 5.74) is 3.70. The Labute approximate surface area is 148 Å². The molecule has 1 aliphatic rings. The van der Waals surface area contributed by atoms with E-state index < -0.39 is 6.10 Å². The monoisotopic (exact) mass is 336 g/mol. The summed E-state index contributed by atoms with van der Waals surface area (Å²) in [6.07, 6.45) is 3.71. The average Bonchev–Trinajstić information content (AvgIpc) is 2.65. The number of hydrogen-bond donors (Lipinski definition) is 2. The molecule has 25 heavy (non-hydrogen) atoms. The number of nitrogens with one attached hydrogen (secondary N) is 1. The van der Waals surface area contributed by atoms with Crippen molar-refractivity contribution in [3.63, 3.8) is 0 Å². The largest absolute Gasteiger partial charge is 0.390 e. The first kappa shape index (κ1) is 17.4. The first-order chi connectivity index (χ1) is 12.2. The summed E-state index contributed by atoms with van der Waals surface area (Å²) in [5, 5.41) is 13.0. The molecular formula is C21H24N2O2. The highest BCUT2D eigenvalue weighted by Crippen LogP contribution is 2.18. The summed E-state index contributed by atoms with van der Waals surface area (Å²) >= 11 is 0. The molecule has 4 heteroatoms. The van der Waals surface area contributed by atoms with Gasteiger partial charge in [0.15, 0.2) is 0 Å². The lowest BCUT2D eigenvalue weighted by Gasteiger charge is -2.30. The number of benzene rings is 2. The summed E-state index contributed by atoms with van der Waals surface area (Å²) in [5.74, 6) is -0.188. The number of nitrogens with zero attached hydrogens (tertiary/aromatic N) is 1. The Balaban J connectivity index is 1.42. The molecule has 2 aromatic carbocycles. The molecule has 2 aromatic rings. The Kier molecular flexibility index (Phi) is 5.99. The van der Waals surface area contributed by atoms with Crippen molar-refractivity contribution in [2.45, 2.75) is 19.1 Å². The third kappa shape index (κ3) is 5.28. The molecule has 1 aliphatic heterocycles.